The third-order valence-electron chi connectivity index (χ3n) is 5.50. The number of hydrogen-bond donors (Lipinski definition) is 1. The Kier molecular flexibility index (Phi) is 7.65. The number of aliphatic carboxylic acids is 1. The second kappa shape index (κ2) is 11.0. The van der Waals surface area contributed by atoms with Crippen LogP contribution < -0.4 is 18.9 Å². The second-order valence-corrected chi connectivity index (χ2v) is 8.20. The molecule has 0 aliphatic carbocycles. The summed E-state index contributed by atoms with van der Waals surface area (Å²) in [6.45, 7) is -0.0554. The van der Waals surface area contributed by atoms with Crippen LogP contribution in [0.2, 0.25) is 5.02 Å². The molecule has 0 aliphatic rings. The Morgan fingerprint density at radius 2 is 1.61 bits per heavy atom. The van der Waals surface area contributed by atoms with Gasteiger partial charge in [0.05, 0.1) is 39.1 Å². The largest absolute Gasteiger partial charge is 0.493 e. The van der Waals surface area contributed by atoms with Crippen LogP contribution in [-0.2, 0) is 11.3 Å². The highest BCUT2D eigenvalue weighted by atomic mass is 35.5. The van der Waals surface area contributed by atoms with Gasteiger partial charge in [0.15, 0.2) is 18.1 Å². The zero-order valence-electron chi connectivity index (χ0n) is 20.0. The molecule has 4 aromatic rings. The summed E-state index contributed by atoms with van der Waals surface area (Å²) in [6, 6.07) is 20.9. The van der Waals surface area contributed by atoms with Crippen LogP contribution in [0.3, 0.4) is 0 Å². The standard InChI is InChI=1S/C27H25ClN2O6/c1-33-23-14-22(36-16-24(31)32)25(27(35-3)26(23)34-2)20-13-21(18-9-11-19(28)12-10-18)30(29-20)15-17-7-5-4-6-8-17/h4-14H,15-16H2,1-3H3,(H,31,32). The predicted octanol–water partition coefficient (Wildman–Crippen LogP) is 5.41. The van der Waals surface area contributed by atoms with Crippen LogP contribution in [0.25, 0.3) is 22.5 Å². The summed E-state index contributed by atoms with van der Waals surface area (Å²) in [5, 5.41) is 14.7. The monoisotopic (exact) mass is 508 g/mol. The molecule has 9 heteroatoms. The average Bonchev–Trinajstić information content (AvgIpc) is 3.30. The van der Waals surface area contributed by atoms with Crippen molar-refractivity contribution in [1.82, 2.24) is 9.78 Å². The van der Waals surface area contributed by atoms with E-state index in [-0.39, 0.29) is 5.75 Å². The second-order valence-electron chi connectivity index (χ2n) is 7.77. The van der Waals surface area contributed by atoms with E-state index in [0.717, 1.165) is 16.8 Å². The first-order chi connectivity index (χ1) is 17.4. The molecular weight excluding hydrogens is 484 g/mol. The Bertz CT molecular complexity index is 1350. The van der Waals surface area contributed by atoms with Gasteiger partial charge < -0.3 is 24.1 Å². The summed E-state index contributed by atoms with van der Waals surface area (Å²) in [6.07, 6.45) is 0. The van der Waals surface area contributed by atoms with Crippen molar-refractivity contribution in [2.45, 2.75) is 6.54 Å². The first-order valence-electron chi connectivity index (χ1n) is 11.0. The molecule has 1 N–H and O–H groups in total. The van der Waals surface area contributed by atoms with E-state index >= 15 is 0 Å². The van der Waals surface area contributed by atoms with E-state index in [1.807, 2.05) is 65.3 Å². The van der Waals surface area contributed by atoms with Gasteiger partial charge in [0, 0.05) is 11.1 Å². The van der Waals surface area contributed by atoms with Gasteiger partial charge in [0.2, 0.25) is 5.75 Å². The molecule has 0 saturated heterocycles. The minimum atomic E-state index is -1.12. The summed E-state index contributed by atoms with van der Waals surface area (Å²) in [4.78, 5) is 11.3. The summed E-state index contributed by atoms with van der Waals surface area (Å²) >= 11 is 6.12. The lowest BCUT2D eigenvalue weighted by Crippen LogP contribution is -2.11. The van der Waals surface area contributed by atoms with Gasteiger partial charge in [-0.25, -0.2) is 4.79 Å². The van der Waals surface area contributed by atoms with Crippen LogP contribution in [0.4, 0.5) is 0 Å². The van der Waals surface area contributed by atoms with Crippen LogP contribution in [-0.4, -0.2) is 48.8 Å². The average molecular weight is 509 g/mol. The number of hydrogen-bond acceptors (Lipinski definition) is 6. The van der Waals surface area contributed by atoms with Crippen molar-refractivity contribution < 1.29 is 28.8 Å². The van der Waals surface area contributed by atoms with Gasteiger partial charge in [-0.2, -0.15) is 5.10 Å². The van der Waals surface area contributed by atoms with Gasteiger partial charge in [-0.15, -0.1) is 0 Å². The maximum Gasteiger partial charge on any atom is 0.341 e. The van der Waals surface area contributed by atoms with Gasteiger partial charge >= 0.3 is 5.97 Å². The molecule has 0 fully saturated rings. The predicted molar refractivity (Wildman–Crippen MR) is 136 cm³/mol. The highest BCUT2D eigenvalue weighted by Gasteiger charge is 2.26. The van der Waals surface area contributed by atoms with Crippen molar-refractivity contribution in [2.75, 3.05) is 27.9 Å². The highest BCUT2D eigenvalue weighted by molar-refractivity contribution is 6.30. The Labute approximate surface area is 213 Å². The van der Waals surface area contributed by atoms with Crippen molar-refractivity contribution in [3.63, 3.8) is 0 Å². The number of rotatable bonds is 10. The molecule has 4 rings (SSSR count). The summed E-state index contributed by atoms with van der Waals surface area (Å²) in [7, 11) is 4.46. The number of carboxylic acids is 1. The highest BCUT2D eigenvalue weighted by Crippen LogP contribution is 2.50. The van der Waals surface area contributed by atoms with E-state index in [1.165, 1.54) is 21.3 Å². The van der Waals surface area contributed by atoms with E-state index in [4.69, 9.17) is 35.6 Å². The van der Waals surface area contributed by atoms with Gasteiger partial charge in [-0.05, 0) is 29.3 Å². The Hall–Kier alpha value is -4.17. The molecule has 0 spiro atoms. The normalized spacial score (nSPS) is 10.7. The molecule has 0 amide bonds. The number of carboxylic acid groups (broad SMARTS) is 1. The molecule has 1 aromatic heterocycles. The van der Waals surface area contributed by atoms with Crippen LogP contribution in [0.1, 0.15) is 5.56 Å². The first-order valence-corrected chi connectivity index (χ1v) is 11.4. The van der Waals surface area contributed by atoms with Gasteiger partial charge in [-0.3, -0.25) is 4.68 Å². The Morgan fingerprint density at radius 3 is 2.22 bits per heavy atom. The topological polar surface area (TPSA) is 92.0 Å². The minimum Gasteiger partial charge on any atom is -0.493 e. The van der Waals surface area contributed by atoms with E-state index in [0.29, 0.717) is 40.1 Å². The fraction of sp³-hybridized carbons (Fsp3) is 0.185. The number of methoxy groups -OCH3 is 3. The lowest BCUT2D eigenvalue weighted by atomic mass is 10.1. The third-order valence-corrected chi connectivity index (χ3v) is 5.75. The summed E-state index contributed by atoms with van der Waals surface area (Å²) in [5.41, 5.74) is 3.74. The fourth-order valence-corrected chi connectivity index (χ4v) is 4.02. The van der Waals surface area contributed by atoms with E-state index in [9.17, 15) is 9.90 Å². The molecule has 3 aromatic carbocycles. The number of carbonyl (C=O) groups is 1. The first kappa shape index (κ1) is 24.9. The zero-order valence-corrected chi connectivity index (χ0v) is 20.8. The third kappa shape index (κ3) is 5.23. The number of nitrogens with zero attached hydrogens (tertiary/aromatic N) is 2. The maximum absolute atomic E-state index is 11.3. The molecule has 0 atom stereocenters. The molecule has 8 nitrogen and oxygen atoms in total. The summed E-state index contributed by atoms with van der Waals surface area (Å²) in [5.74, 6) is 0.0952. The summed E-state index contributed by atoms with van der Waals surface area (Å²) < 4.78 is 24.2. The van der Waals surface area contributed by atoms with Crippen LogP contribution in [0, 0.1) is 0 Å². The minimum absolute atomic E-state index is 0.235. The number of halogens is 1. The van der Waals surface area contributed by atoms with Crippen molar-refractivity contribution in [3.8, 4) is 45.5 Å². The van der Waals surface area contributed by atoms with E-state index in [1.54, 1.807) is 6.07 Å². The number of ether oxygens (including phenoxy) is 4. The molecular formula is C27H25ClN2O6. The maximum atomic E-state index is 11.3. The SMILES string of the molecule is COc1cc(OCC(=O)O)c(-c2cc(-c3ccc(Cl)cc3)n(Cc3ccccc3)n2)c(OC)c1OC. The molecule has 0 unspecified atom stereocenters. The number of benzene rings is 3. The van der Waals surface area contributed by atoms with Crippen LogP contribution in [0.5, 0.6) is 23.0 Å². The van der Waals surface area contributed by atoms with Crippen molar-refractivity contribution in [2.24, 2.45) is 0 Å². The van der Waals surface area contributed by atoms with E-state index < -0.39 is 12.6 Å². The Balaban J connectivity index is 1.94. The van der Waals surface area contributed by atoms with Crippen molar-refractivity contribution >= 4 is 17.6 Å². The lowest BCUT2D eigenvalue weighted by molar-refractivity contribution is -0.139. The van der Waals surface area contributed by atoms with Crippen molar-refractivity contribution in [3.05, 3.63) is 77.3 Å². The molecule has 0 bridgehead atoms. The number of aromatic nitrogens is 2. The molecule has 36 heavy (non-hydrogen) atoms. The van der Waals surface area contributed by atoms with Gasteiger partial charge in [0.1, 0.15) is 11.4 Å². The molecule has 0 radical (unpaired) electrons. The molecule has 0 saturated carbocycles. The van der Waals surface area contributed by atoms with Crippen molar-refractivity contribution in [1.29, 1.82) is 0 Å². The van der Waals surface area contributed by atoms with Crippen LogP contribution in [0.15, 0.2) is 66.7 Å². The molecule has 186 valence electrons. The Morgan fingerprint density at radius 1 is 0.917 bits per heavy atom. The lowest BCUT2D eigenvalue weighted by Gasteiger charge is -2.18. The van der Waals surface area contributed by atoms with E-state index in [2.05, 4.69) is 0 Å². The van der Waals surface area contributed by atoms with Crippen LogP contribution >= 0.6 is 11.6 Å². The molecule has 1 heterocycles. The molecule has 0 aliphatic heterocycles. The van der Waals surface area contributed by atoms with Gasteiger partial charge in [-0.1, -0.05) is 54.1 Å². The zero-order chi connectivity index (χ0) is 25.7. The smallest absolute Gasteiger partial charge is 0.341 e. The fourth-order valence-electron chi connectivity index (χ4n) is 3.90. The quantitative estimate of drug-likeness (QED) is 0.306. The van der Waals surface area contributed by atoms with Gasteiger partial charge in [0.25, 0.3) is 0 Å².